The Morgan fingerprint density at radius 1 is 1.35 bits per heavy atom. The summed E-state index contributed by atoms with van der Waals surface area (Å²) in [5.41, 5.74) is 1.61. The van der Waals surface area contributed by atoms with Gasteiger partial charge in [-0.15, -0.1) is 0 Å². The van der Waals surface area contributed by atoms with Gasteiger partial charge in [-0.3, -0.25) is 15.1 Å². The summed E-state index contributed by atoms with van der Waals surface area (Å²) in [5.74, 6) is -1.91. The summed E-state index contributed by atoms with van der Waals surface area (Å²) in [7, 11) is 0. The van der Waals surface area contributed by atoms with Crippen molar-refractivity contribution in [2.75, 3.05) is 13.2 Å². The molecule has 0 unspecified atom stereocenters. The maximum Gasteiger partial charge on any atom is 0.329 e. The van der Waals surface area contributed by atoms with E-state index in [2.05, 4.69) is 15.0 Å². The van der Waals surface area contributed by atoms with Crippen LogP contribution in [0.1, 0.15) is 11.3 Å². The van der Waals surface area contributed by atoms with Crippen molar-refractivity contribution in [3.05, 3.63) is 29.6 Å². The summed E-state index contributed by atoms with van der Waals surface area (Å²) in [4.78, 5) is 36.8. The fourth-order valence-corrected chi connectivity index (χ4v) is 1.31. The third kappa shape index (κ3) is 5.91. The molecule has 0 spiro atoms. The van der Waals surface area contributed by atoms with Crippen LogP contribution in [0.15, 0.2) is 18.3 Å². The van der Waals surface area contributed by atoms with Gasteiger partial charge in [-0.25, -0.2) is 9.59 Å². The number of hydrogen-bond donors (Lipinski definition) is 3. The first kappa shape index (κ1) is 15.6. The highest BCUT2D eigenvalue weighted by molar-refractivity contribution is 5.94. The average Bonchev–Trinajstić information content (AvgIpc) is 2.37. The van der Waals surface area contributed by atoms with E-state index in [0.29, 0.717) is 5.69 Å². The standard InChI is InChI=1S/C12H15N3O5/c1-8-3-2-4-13-9(8)5-14-12(19)15-10(16)6-20-7-11(17)18/h2-4H,5-7H2,1H3,(H,17,18)(H2,14,15,16,19). The number of nitrogens with zero attached hydrogens (tertiary/aromatic N) is 1. The Bertz CT molecular complexity index is 504. The Morgan fingerprint density at radius 3 is 2.75 bits per heavy atom. The van der Waals surface area contributed by atoms with Crippen LogP contribution in [0.4, 0.5) is 4.79 Å². The maximum atomic E-state index is 11.4. The molecule has 108 valence electrons. The Balaban J connectivity index is 2.28. The summed E-state index contributed by atoms with van der Waals surface area (Å²) in [5, 5.41) is 12.8. The molecule has 1 aromatic rings. The van der Waals surface area contributed by atoms with Crippen LogP contribution in [-0.2, 0) is 20.9 Å². The number of rotatable bonds is 6. The van der Waals surface area contributed by atoms with Gasteiger partial charge in [0.05, 0.1) is 12.2 Å². The second-order valence-electron chi connectivity index (χ2n) is 3.88. The Labute approximate surface area is 115 Å². The van der Waals surface area contributed by atoms with Gasteiger partial charge in [0.1, 0.15) is 13.2 Å². The van der Waals surface area contributed by atoms with Crippen LogP contribution in [0, 0.1) is 6.92 Å². The van der Waals surface area contributed by atoms with Crippen LogP contribution in [0.3, 0.4) is 0 Å². The molecule has 1 heterocycles. The lowest BCUT2D eigenvalue weighted by molar-refractivity contribution is -0.143. The first-order valence-electron chi connectivity index (χ1n) is 5.76. The Hall–Kier alpha value is -2.48. The van der Waals surface area contributed by atoms with Gasteiger partial charge in [0, 0.05) is 6.20 Å². The molecule has 3 amide bonds. The molecule has 0 radical (unpaired) electrons. The van der Waals surface area contributed by atoms with Crippen LogP contribution in [0.2, 0.25) is 0 Å². The highest BCUT2D eigenvalue weighted by Crippen LogP contribution is 2.01. The van der Waals surface area contributed by atoms with Crippen molar-refractivity contribution in [1.29, 1.82) is 0 Å². The van der Waals surface area contributed by atoms with Gasteiger partial charge in [-0.2, -0.15) is 0 Å². The van der Waals surface area contributed by atoms with Gasteiger partial charge in [-0.1, -0.05) is 6.07 Å². The number of carboxylic acids is 1. The molecule has 1 rings (SSSR count). The molecule has 8 heteroatoms. The second-order valence-corrected chi connectivity index (χ2v) is 3.88. The SMILES string of the molecule is Cc1cccnc1CNC(=O)NC(=O)COCC(=O)O. The lowest BCUT2D eigenvalue weighted by atomic mass is 10.2. The van der Waals surface area contributed by atoms with E-state index in [1.807, 2.05) is 18.3 Å². The molecule has 0 aliphatic carbocycles. The predicted octanol–water partition coefficient (Wildman–Crippen LogP) is -0.183. The molecule has 0 atom stereocenters. The minimum absolute atomic E-state index is 0.182. The molecule has 0 fully saturated rings. The van der Waals surface area contributed by atoms with Gasteiger partial charge in [-0.05, 0) is 18.6 Å². The number of carboxylic acid groups (broad SMARTS) is 1. The van der Waals surface area contributed by atoms with Gasteiger partial charge in [0.25, 0.3) is 5.91 Å². The number of urea groups is 1. The maximum absolute atomic E-state index is 11.4. The average molecular weight is 281 g/mol. The van der Waals surface area contributed by atoms with Crippen molar-refractivity contribution in [3.8, 4) is 0 Å². The number of aromatic nitrogens is 1. The molecule has 3 N–H and O–H groups in total. The minimum atomic E-state index is -1.19. The van der Waals surface area contributed by atoms with Gasteiger partial charge in [0.2, 0.25) is 0 Å². The first-order valence-corrected chi connectivity index (χ1v) is 5.76. The summed E-state index contributed by atoms with van der Waals surface area (Å²) in [6.45, 7) is 0.944. The number of nitrogens with one attached hydrogen (secondary N) is 2. The molecule has 0 saturated heterocycles. The zero-order chi connectivity index (χ0) is 15.0. The molecule has 20 heavy (non-hydrogen) atoms. The molecule has 8 nitrogen and oxygen atoms in total. The van der Waals surface area contributed by atoms with Crippen molar-refractivity contribution < 1.29 is 24.2 Å². The quantitative estimate of drug-likeness (QED) is 0.665. The summed E-state index contributed by atoms with van der Waals surface area (Å²) in [6.07, 6.45) is 1.60. The largest absolute Gasteiger partial charge is 0.480 e. The van der Waals surface area contributed by atoms with E-state index in [1.165, 1.54) is 0 Å². The lowest BCUT2D eigenvalue weighted by Crippen LogP contribution is -2.41. The number of ether oxygens (including phenoxy) is 1. The molecular formula is C12H15N3O5. The van der Waals surface area contributed by atoms with E-state index in [1.54, 1.807) is 12.3 Å². The summed E-state index contributed by atoms with van der Waals surface area (Å²) < 4.78 is 4.54. The fourth-order valence-electron chi connectivity index (χ4n) is 1.31. The molecule has 1 aromatic heterocycles. The molecule has 0 bridgehead atoms. The highest BCUT2D eigenvalue weighted by Gasteiger charge is 2.09. The smallest absolute Gasteiger partial charge is 0.329 e. The van der Waals surface area contributed by atoms with Crippen molar-refractivity contribution in [3.63, 3.8) is 0 Å². The van der Waals surface area contributed by atoms with E-state index in [-0.39, 0.29) is 6.54 Å². The number of pyridine rings is 1. The molecule has 0 saturated carbocycles. The van der Waals surface area contributed by atoms with E-state index in [0.717, 1.165) is 5.56 Å². The van der Waals surface area contributed by atoms with Crippen LogP contribution in [0.25, 0.3) is 0 Å². The first-order chi connectivity index (χ1) is 9.49. The van der Waals surface area contributed by atoms with E-state index < -0.39 is 31.1 Å². The lowest BCUT2D eigenvalue weighted by Gasteiger charge is -2.07. The monoisotopic (exact) mass is 281 g/mol. The Kier molecular flexibility index (Phi) is 6.11. The third-order valence-electron chi connectivity index (χ3n) is 2.25. The van der Waals surface area contributed by atoms with Gasteiger partial charge < -0.3 is 15.2 Å². The zero-order valence-corrected chi connectivity index (χ0v) is 10.9. The summed E-state index contributed by atoms with van der Waals surface area (Å²) >= 11 is 0. The van der Waals surface area contributed by atoms with Crippen molar-refractivity contribution in [1.82, 2.24) is 15.6 Å². The van der Waals surface area contributed by atoms with Gasteiger partial charge >= 0.3 is 12.0 Å². The number of aryl methyl sites for hydroxylation is 1. The zero-order valence-electron chi connectivity index (χ0n) is 10.9. The molecular weight excluding hydrogens is 266 g/mol. The number of imide groups is 1. The normalized spacial score (nSPS) is 9.85. The van der Waals surface area contributed by atoms with E-state index in [9.17, 15) is 14.4 Å². The number of hydrogen-bond acceptors (Lipinski definition) is 5. The van der Waals surface area contributed by atoms with Gasteiger partial charge in [0.15, 0.2) is 0 Å². The molecule has 0 aliphatic heterocycles. The third-order valence-corrected chi connectivity index (χ3v) is 2.25. The van der Waals surface area contributed by atoms with Crippen molar-refractivity contribution in [2.45, 2.75) is 13.5 Å². The minimum Gasteiger partial charge on any atom is -0.480 e. The number of amides is 3. The number of aliphatic carboxylic acids is 1. The molecule has 0 aliphatic rings. The predicted molar refractivity (Wildman–Crippen MR) is 67.8 cm³/mol. The number of carbonyl (C=O) groups excluding carboxylic acids is 2. The van der Waals surface area contributed by atoms with Crippen molar-refractivity contribution >= 4 is 17.9 Å². The van der Waals surface area contributed by atoms with Crippen LogP contribution >= 0.6 is 0 Å². The fraction of sp³-hybridized carbons (Fsp3) is 0.333. The second kappa shape index (κ2) is 7.85. The van der Waals surface area contributed by atoms with Crippen molar-refractivity contribution in [2.24, 2.45) is 0 Å². The highest BCUT2D eigenvalue weighted by atomic mass is 16.5. The topological polar surface area (TPSA) is 118 Å². The van der Waals surface area contributed by atoms with Crippen LogP contribution < -0.4 is 10.6 Å². The number of carbonyl (C=O) groups is 3. The van der Waals surface area contributed by atoms with Crippen LogP contribution in [-0.4, -0.2) is 41.2 Å². The van der Waals surface area contributed by atoms with E-state index >= 15 is 0 Å². The van der Waals surface area contributed by atoms with Crippen LogP contribution in [0.5, 0.6) is 0 Å². The van der Waals surface area contributed by atoms with E-state index in [4.69, 9.17) is 5.11 Å². The summed E-state index contributed by atoms with van der Waals surface area (Å²) in [6, 6.07) is 2.94. The molecule has 0 aromatic carbocycles. The Morgan fingerprint density at radius 2 is 2.10 bits per heavy atom.